The first-order valence-corrected chi connectivity index (χ1v) is 8.61. The average molecular weight is 346 g/mol. The third kappa shape index (κ3) is 4.07. The van der Waals surface area contributed by atoms with Gasteiger partial charge in [-0.3, -0.25) is 19.7 Å². The first kappa shape index (κ1) is 17.2. The summed E-state index contributed by atoms with van der Waals surface area (Å²) in [5.41, 5.74) is 0.547. The van der Waals surface area contributed by atoms with Crippen LogP contribution in [0.3, 0.4) is 0 Å². The van der Waals surface area contributed by atoms with Gasteiger partial charge in [-0.15, -0.1) is 0 Å². The van der Waals surface area contributed by atoms with Gasteiger partial charge in [0.1, 0.15) is 5.69 Å². The third-order valence-corrected chi connectivity index (χ3v) is 4.57. The van der Waals surface area contributed by atoms with Crippen LogP contribution in [0.4, 0.5) is 11.4 Å². The third-order valence-electron chi connectivity index (χ3n) is 4.57. The second kappa shape index (κ2) is 7.08. The number of nitrogens with zero attached hydrogens (tertiary/aromatic N) is 2. The number of rotatable bonds is 6. The lowest BCUT2D eigenvalue weighted by molar-refractivity contribution is -0.384. The molecule has 2 fully saturated rings. The maximum Gasteiger partial charge on any atom is 0.293 e. The highest BCUT2D eigenvalue weighted by molar-refractivity contribution is 5.96. The molecule has 1 aliphatic heterocycles. The average Bonchev–Trinajstić information content (AvgIpc) is 3.29. The number of nitro groups is 1. The molecule has 2 amide bonds. The number of amides is 2. The minimum atomic E-state index is -0.486. The van der Waals surface area contributed by atoms with E-state index in [-0.39, 0.29) is 29.6 Å². The number of nitro benzene ring substituents is 1. The molecule has 2 aliphatic rings. The molecule has 1 atom stereocenters. The lowest BCUT2D eigenvalue weighted by atomic mass is 10.1. The van der Waals surface area contributed by atoms with E-state index in [2.05, 4.69) is 10.6 Å². The Morgan fingerprint density at radius 1 is 1.28 bits per heavy atom. The molecule has 1 aromatic carbocycles. The number of anilines is 1. The summed E-state index contributed by atoms with van der Waals surface area (Å²) < 4.78 is 0. The van der Waals surface area contributed by atoms with Crippen LogP contribution >= 0.6 is 0 Å². The second-order valence-electron chi connectivity index (χ2n) is 6.56. The first-order chi connectivity index (χ1) is 12.0. The van der Waals surface area contributed by atoms with E-state index >= 15 is 0 Å². The summed E-state index contributed by atoms with van der Waals surface area (Å²) in [5, 5.41) is 17.4. The highest BCUT2D eigenvalue weighted by Gasteiger charge is 2.28. The van der Waals surface area contributed by atoms with Gasteiger partial charge in [0.2, 0.25) is 5.91 Å². The van der Waals surface area contributed by atoms with E-state index in [0.717, 1.165) is 19.3 Å². The molecule has 1 saturated carbocycles. The standard InChI is InChI=1S/C17H22N4O4/c1-2-16(22)20-8-7-13(10-20)18-14-6-3-11(9-15(14)21(24)25)17(23)19-12-4-5-12/h3,6,9,12-13,18H,2,4-5,7-8,10H2,1H3,(H,19,23). The fraction of sp³-hybridized carbons (Fsp3) is 0.529. The molecule has 2 N–H and O–H groups in total. The first-order valence-electron chi connectivity index (χ1n) is 8.61. The number of benzene rings is 1. The van der Waals surface area contributed by atoms with Crippen molar-refractivity contribution in [2.75, 3.05) is 18.4 Å². The Morgan fingerprint density at radius 3 is 2.68 bits per heavy atom. The predicted octanol–water partition coefficient (Wildman–Crippen LogP) is 1.91. The van der Waals surface area contributed by atoms with Crippen LogP contribution in [0.5, 0.6) is 0 Å². The molecule has 0 aromatic heterocycles. The summed E-state index contributed by atoms with van der Waals surface area (Å²) >= 11 is 0. The molecule has 8 heteroatoms. The highest BCUT2D eigenvalue weighted by atomic mass is 16.6. The lowest BCUT2D eigenvalue weighted by Crippen LogP contribution is -2.31. The Bertz CT molecular complexity index is 702. The summed E-state index contributed by atoms with van der Waals surface area (Å²) in [7, 11) is 0. The van der Waals surface area contributed by atoms with Crippen molar-refractivity contribution in [3.63, 3.8) is 0 Å². The SMILES string of the molecule is CCC(=O)N1CCC(Nc2ccc(C(=O)NC3CC3)cc2[N+](=O)[O-])C1. The van der Waals surface area contributed by atoms with Crippen molar-refractivity contribution in [2.24, 2.45) is 0 Å². The van der Waals surface area contributed by atoms with Gasteiger partial charge < -0.3 is 15.5 Å². The molecule has 25 heavy (non-hydrogen) atoms. The molecular weight excluding hydrogens is 324 g/mol. The van der Waals surface area contributed by atoms with Crippen LogP contribution in [0, 0.1) is 10.1 Å². The van der Waals surface area contributed by atoms with E-state index in [1.165, 1.54) is 6.07 Å². The Balaban J connectivity index is 1.71. The van der Waals surface area contributed by atoms with Gasteiger partial charge in [-0.05, 0) is 31.4 Å². The zero-order valence-electron chi connectivity index (χ0n) is 14.2. The fourth-order valence-electron chi connectivity index (χ4n) is 2.99. The zero-order chi connectivity index (χ0) is 18.0. The zero-order valence-corrected chi connectivity index (χ0v) is 14.2. The molecule has 1 unspecified atom stereocenters. The van der Waals surface area contributed by atoms with Crippen molar-refractivity contribution in [3.05, 3.63) is 33.9 Å². The highest BCUT2D eigenvalue weighted by Crippen LogP contribution is 2.28. The van der Waals surface area contributed by atoms with Gasteiger partial charge in [-0.2, -0.15) is 0 Å². The van der Waals surface area contributed by atoms with Gasteiger partial charge >= 0.3 is 0 Å². The molecule has 8 nitrogen and oxygen atoms in total. The number of hydrogen-bond donors (Lipinski definition) is 2. The molecule has 1 saturated heterocycles. The molecular formula is C17H22N4O4. The summed E-state index contributed by atoms with van der Waals surface area (Å²) in [6.07, 6.45) is 3.12. The molecule has 0 bridgehead atoms. The summed E-state index contributed by atoms with van der Waals surface area (Å²) in [4.78, 5) is 36.5. The normalized spacial score (nSPS) is 19.6. The van der Waals surface area contributed by atoms with E-state index in [0.29, 0.717) is 30.8 Å². The summed E-state index contributed by atoms with van der Waals surface area (Å²) in [6.45, 7) is 3.01. The Labute approximate surface area is 145 Å². The van der Waals surface area contributed by atoms with Gasteiger partial charge in [-0.1, -0.05) is 6.92 Å². The monoisotopic (exact) mass is 346 g/mol. The van der Waals surface area contributed by atoms with Gasteiger partial charge in [0.05, 0.1) is 4.92 Å². The van der Waals surface area contributed by atoms with E-state index in [9.17, 15) is 19.7 Å². The number of nitrogens with one attached hydrogen (secondary N) is 2. The maximum atomic E-state index is 12.1. The predicted molar refractivity (Wildman–Crippen MR) is 92.5 cm³/mol. The molecule has 1 aliphatic carbocycles. The molecule has 1 aromatic rings. The van der Waals surface area contributed by atoms with Crippen molar-refractivity contribution >= 4 is 23.2 Å². The van der Waals surface area contributed by atoms with Crippen LogP contribution in [0.1, 0.15) is 43.0 Å². The van der Waals surface area contributed by atoms with Gasteiger partial charge in [-0.25, -0.2) is 0 Å². The second-order valence-corrected chi connectivity index (χ2v) is 6.56. The minimum Gasteiger partial charge on any atom is -0.375 e. The van der Waals surface area contributed by atoms with Crippen molar-refractivity contribution in [2.45, 2.75) is 44.7 Å². The van der Waals surface area contributed by atoms with Crippen LogP contribution in [0.15, 0.2) is 18.2 Å². The minimum absolute atomic E-state index is 0.0275. The number of likely N-dealkylation sites (tertiary alicyclic amines) is 1. The maximum absolute atomic E-state index is 12.1. The van der Waals surface area contributed by atoms with E-state index in [1.54, 1.807) is 17.0 Å². The Hall–Kier alpha value is -2.64. The fourth-order valence-corrected chi connectivity index (χ4v) is 2.99. The van der Waals surface area contributed by atoms with E-state index < -0.39 is 4.92 Å². The Morgan fingerprint density at radius 2 is 2.04 bits per heavy atom. The number of carbonyl (C=O) groups excluding carboxylic acids is 2. The quantitative estimate of drug-likeness (QED) is 0.605. The van der Waals surface area contributed by atoms with Crippen molar-refractivity contribution in [1.29, 1.82) is 0 Å². The number of carbonyl (C=O) groups is 2. The van der Waals surface area contributed by atoms with Gasteiger partial charge in [0, 0.05) is 43.2 Å². The lowest BCUT2D eigenvalue weighted by Gasteiger charge is -2.17. The molecule has 134 valence electrons. The van der Waals surface area contributed by atoms with Crippen molar-refractivity contribution < 1.29 is 14.5 Å². The largest absolute Gasteiger partial charge is 0.375 e. The van der Waals surface area contributed by atoms with Gasteiger partial charge in [0.15, 0.2) is 0 Å². The van der Waals surface area contributed by atoms with Crippen molar-refractivity contribution in [1.82, 2.24) is 10.2 Å². The molecule has 0 radical (unpaired) electrons. The summed E-state index contributed by atoms with van der Waals surface area (Å²) in [6, 6.07) is 4.65. The summed E-state index contributed by atoms with van der Waals surface area (Å²) in [5.74, 6) is -0.191. The van der Waals surface area contributed by atoms with E-state index in [4.69, 9.17) is 0 Å². The topological polar surface area (TPSA) is 105 Å². The molecule has 0 spiro atoms. The van der Waals surface area contributed by atoms with Crippen LogP contribution in [0.25, 0.3) is 0 Å². The van der Waals surface area contributed by atoms with Crippen LogP contribution in [-0.4, -0.2) is 46.8 Å². The van der Waals surface area contributed by atoms with Crippen LogP contribution in [0.2, 0.25) is 0 Å². The smallest absolute Gasteiger partial charge is 0.293 e. The molecule has 1 heterocycles. The van der Waals surface area contributed by atoms with E-state index in [1.807, 2.05) is 6.92 Å². The molecule has 3 rings (SSSR count). The van der Waals surface area contributed by atoms with Crippen LogP contribution in [-0.2, 0) is 4.79 Å². The van der Waals surface area contributed by atoms with Gasteiger partial charge in [0.25, 0.3) is 11.6 Å². The van der Waals surface area contributed by atoms with Crippen molar-refractivity contribution in [3.8, 4) is 0 Å². The Kier molecular flexibility index (Phi) is 4.87. The van der Waals surface area contributed by atoms with Crippen LogP contribution < -0.4 is 10.6 Å². The number of hydrogen-bond acceptors (Lipinski definition) is 5.